The Morgan fingerprint density at radius 3 is 1.00 bits per heavy atom. The normalized spacial score (nSPS) is 12.3. The van der Waals surface area contributed by atoms with Crippen LogP contribution in [0.25, 0.3) is 44.5 Å². The SMILES string of the molecule is COc1c(-c2ccc(C(C)(C)C)cc2)cc(C(C)(C)c2cc(-c3c(C)c(C)cc(C)c3C)c(CO)c(-c3c(C)c(C)cc(C)c3C)c2)cc1-c1ccc(C(C)(C)C)cc1. The van der Waals surface area contributed by atoms with E-state index in [2.05, 4.69) is 196 Å². The maximum atomic E-state index is 11.5. The fraction of sp³-hybridized carbons (Fsp3) is 0.368. The van der Waals surface area contributed by atoms with Crippen LogP contribution in [0.3, 0.4) is 0 Å². The van der Waals surface area contributed by atoms with Gasteiger partial charge in [0.1, 0.15) is 5.75 Å². The highest BCUT2D eigenvalue weighted by molar-refractivity contribution is 5.88. The molecule has 0 heterocycles. The maximum Gasteiger partial charge on any atom is 0.134 e. The first kappa shape index (κ1) is 43.7. The van der Waals surface area contributed by atoms with Gasteiger partial charge in [-0.1, -0.05) is 116 Å². The molecule has 0 bridgehead atoms. The lowest BCUT2D eigenvalue weighted by Gasteiger charge is -2.32. The first-order valence-electron chi connectivity index (χ1n) is 21.4. The van der Waals surface area contributed by atoms with E-state index in [1.807, 2.05) is 0 Å². The van der Waals surface area contributed by atoms with E-state index in [9.17, 15) is 5.11 Å². The van der Waals surface area contributed by atoms with Crippen LogP contribution in [0.4, 0.5) is 0 Å². The van der Waals surface area contributed by atoms with E-state index in [1.165, 1.54) is 77.9 Å². The zero-order chi connectivity index (χ0) is 43.5. The topological polar surface area (TPSA) is 29.5 Å². The Kier molecular flexibility index (Phi) is 11.8. The summed E-state index contributed by atoms with van der Waals surface area (Å²) in [5, 5.41) is 11.5. The minimum absolute atomic E-state index is 0.0433. The van der Waals surface area contributed by atoms with Crippen molar-refractivity contribution in [3.05, 3.63) is 157 Å². The second-order valence-corrected chi connectivity index (χ2v) is 19.9. The van der Waals surface area contributed by atoms with Crippen LogP contribution in [0.1, 0.15) is 128 Å². The standard InChI is InChI=1S/C57H68O2/c1-33-26-34(2)38(6)52(37(33)5)49-30-46(31-50(51(49)32-58)53-39(7)35(3)27-36(4)40(53)8)57(15,16)45-28-47(41-18-22-43(23-19-41)55(9,10)11)54(59-17)48(29-45)42-20-24-44(25-21-42)56(12,13)14/h18-31,58H,32H2,1-17H3. The summed E-state index contributed by atoms with van der Waals surface area (Å²) in [4.78, 5) is 0. The van der Waals surface area contributed by atoms with E-state index in [-0.39, 0.29) is 17.4 Å². The minimum Gasteiger partial charge on any atom is -0.495 e. The highest BCUT2D eigenvalue weighted by atomic mass is 16.5. The molecule has 1 N–H and O–H groups in total. The van der Waals surface area contributed by atoms with Gasteiger partial charge in [0, 0.05) is 16.5 Å². The summed E-state index contributed by atoms with van der Waals surface area (Å²) in [7, 11) is 1.80. The lowest BCUT2D eigenvalue weighted by atomic mass is 9.72. The highest BCUT2D eigenvalue weighted by Gasteiger charge is 2.31. The second-order valence-electron chi connectivity index (χ2n) is 19.9. The molecule has 0 saturated heterocycles. The molecule has 0 aliphatic rings. The molecule has 2 nitrogen and oxygen atoms in total. The molecular weight excluding hydrogens is 717 g/mol. The Labute approximate surface area is 356 Å². The van der Waals surface area contributed by atoms with Crippen LogP contribution in [-0.4, -0.2) is 12.2 Å². The number of aryl methyl sites for hydroxylation is 4. The molecule has 0 aromatic heterocycles. The number of hydrogen-bond donors (Lipinski definition) is 1. The minimum atomic E-state index is -0.467. The lowest BCUT2D eigenvalue weighted by Crippen LogP contribution is -2.20. The summed E-state index contributed by atoms with van der Waals surface area (Å²) in [6.45, 7) is 36.0. The summed E-state index contributed by atoms with van der Waals surface area (Å²) in [6.07, 6.45) is 0. The van der Waals surface area contributed by atoms with Gasteiger partial charge in [-0.25, -0.2) is 0 Å². The second kappa shape index (κ2) is 15.9. The van der Waals surface area contributed by atoms with E-state index < -0.39 is 5.41 Å². The van der Waals surface area contributed by atoms with Crippen LogP contribution in [0.15, 0.2) is 84.9 Å². The highest BCUT2D eigenvalue weighted by Crippen LogP contribution is 2.48. The zero-order valence-electron chi connectivity index (χ0n) is 39.1. The third-order valence-electron chi connectivity index (χ3n) is 13.5. The Hall–Kier alpha value is -4.92. The van der Waals surface area contributed by atoms with Crippen molar-refractivity contribution >= 4 is 0 Å². The molecule has 0 unspecified atom stereocenters. The van der Waals surface area contributed by atoms with E-state index in [0.29, 0.717) is 0 Å². The smallest absolute Gasteiger partial charge is 0.134 e. The molecule has 0 spiro atoms. The van der Waals surface area contributed by atoms with Crippen LogP contribution in [-0.2, 0) is 22.9 Å². The molecule has 0 atom stereocenters. The molecule has 0 aliphatic carbocycles. The van der Waals surface area contributed by atoms with Crippen molar-refractivity contribution in [2.24, 2.45) is 0 Å². The van der Waals surface area contributed by atoms with Crippen molar-refractivity contribution in [2.45, 2.75) is 134 Å². The van der Waals surface area contributed by atoms with Crippen molar-refractivity contribution < 1.29 is 9.84 Å². The number of ether oxygens (including phenoxy) is 1. The quantitative estimate of drug-likeness (QED) is 0.167. The van der Waals surface area contributed by atoms with Gasteiger partial charge in [-0.3, -0.25) is 0 Å². The van der Waals surface area contributed by atoms with Crippen molar-refractivity contribution in [3.8, 4) is 50.3 Å². The molecule has 2 heteroatoms. The predicted molar refractivity (Wildman–Crippen MR) is 255 cm³/mol. The largest absolute Gasteiger partial charge is 0.495 e. The summed E-state index contributed by atoms with van der Waals surface area (Å²) >= 11 is 0. The van der Waals surface area contributed by atoms with Crippen molar-refractivity contribution in [3.63, 3.8) is 0 Å². The fourth-order valence-corrected chi connectivity index (χ4v) is 9.00. The Morgan fingerprint density at radius 2 is 0.729 bits per heavy atom. The molecule has 6 rings (SSSR count). The Bertz CT molecular complexity index is 2330. The number of aliphatic hydroxyl groups excluding tert-OH is 1. The number of rotatable bonds is 8. The first-order valence-corrected chi connectivity index (χ1v) is 21.4. The molecule has 0 aliphatic heterocycles. The molecule has 59 heavy (non-hydrogen) atoms. The van der Waals surface area contributed by atoms with Crippen LogP contribution in [0.2, 0.25) is 0 Å². The van der Waals surface area contributed by atoms with Gasteiger partial charge >= 0.3 is 0 Å². The number of hydrogen-bond acceptors (Lipinski definition) is 2. The number of aliphatic hydroxyl groups is 1. The predicted octanol–water partition coefficient (Wildman–Crippen LogP) is 15.2. The lowest BCUT2D eigenvalue weighted by molar-refractivity contribution is 0.283. The molecule has 0 amide bonds. The molecule has 0 radical (unpaired) electrons. The summed E-state index contributed by atoms with van der Waals surface area (Å²) in [5.41, 5.74) is 24.7. The van der Waals surface area contributed by atoms with E-state index in [0.717, 1.165) is 44.7 Å². The van der Waals surface area contributed by atoms with Crippen molar-refractivity contribution in [1.82, 2.24) is 0 Å². The molecule has 6 aromatic carbocycles. The van der Waals surface area contributed by atoms with Gasteiger partial charge in [-0.05, 0) is 196 Å². The average Bonchev–Trinajstić information content (AvgIpc) is 3.18. The zero-order valence-corrected chi connectivity index (χ0v) is 39.1. The molecule has 0 saturated carbocycles. The summed E-state index contributed by atoms with van der Waals surface area (Å²) < 4.78 is 6.41. The van der Waals surface area contributed by atoms with Gasteiger partial charge in [0.15, 0.2) is 0 Å². The molecular formula is C57H68O2. The van der Waals surface area contributed by atoms with Gasteiger partial charge in [0.25, 0.3) is 0 Å². The summed E-state index contributed by atoms with van der Waals surface area (Å²) in [6, 6.07) is 32.2. The van der Waals surface area contributed by atoms with Crippen LogP contribution in [0.5, 0.6) is 5.75 Å². The van der Waals surface area contributed by atoms with E-state index in [4.69, 9.17) is 4.74 Å². The monoisotopic (exact) mass is 785 g/mol. The van der Waals surface area contributed by atoms with Gasteiger partial charge in [0.05, 0.1) is 13.7 Å². The number of methoxy groups -OCH3 is 1. The third kappa shape index (κ3) is 8.06. The van der Waals surface area contributed by atoms with Crippen molar-refractivity contribution in [2.75, 3.05) is 7.11 Å². The first-order chi connectivity index (χ1) is 27.5. The maximum absolute atomic E-state index is 11.5. The summed E-state index contributed by atoms with van der Waals surface area (Å²) in [5.74, 6) is 0.872. The van der Waals surface area contributed by atoms with Crippen LogP contribution in [0, 0.1) is 55.4 Å². The van der Waals surface area contributed by atoms with Gasteiger partial charge in [0.2, 0.25) is 0 Å². The number of benzene rings is 6. The Balaban J connectivity index is 1.73. The molecule has 308 valence electrons. The Morgan fingerprint density at radius 1 is 0.424 bits per heavy atom. The van der Waals surface area contributed by atoms with Crippen LogP contribution < -0.4 is 4.74 Å². The van der Waals surface area contributed by atoms with Crippen molar-refractivity contribution in [1.29, 1.82) is 0 Å². The third-order valence-corrected chi connectivity index (χ3v) is 13.5. The average molecular weight is 785 g/mol. The van der Waals surface area contributed by atoms with Crippen LogP contribution >= 0.6 is 0 Å². The molecule has 6 aromatic rings. The van der Waals surface area contributed by atoms with Gasteiger partial charge < -0.3 is 9.84 Å². The molecule has 0 fully saturated rings. The van der Waals surface area contributed by atoms with E-state index >= 15 is 0 Å². The van der Waals surface area contributed by atoms with E-state index in [1.54, 1.807) is 7.11 Å². The van der Waals surface area contributed by atoms with Gasteiger partial charge in [-0.15, -0.1) is 0 Å². The van der Waals surface area contributed by atoms with Gasteiger partial charge in [-0.2, -0.15) is 0 Å². The fourth-order valence-electron chi connectivity index (χ4n) is 9.00.